The predicted octanol–water partition coefficient (Wildman–Crippen LogP) is 26.4. The van der Waals surface area contributed by atoms with Gasteiger partial charge < -0.3 is 28.5 Å². The first-order valence-electron chi connectivity index (χ1n) is 40.6. The van der Waals surface area contributed by atoms with Crippen LogP contribution in [-0.2, 0) is 33.3 Å². The van der Waals surface area contributed by atoms with E-state index in [0.29, 0.717) is 23.9 Å². The first kappa shape index (κ1) is 93.9. The molecule has 2 atom stereocenters. The van der Waals surface area contributed by atoms with Crippen LogP contribution in [0.3, 0.4) is 0 Å². The number of hydrogen-bond acceptors (Lipinski definition) is 7. The standard InChI is InChI=1S/C90H151NO8/c1-6-8-10-12-14-16-18-20-22-24-26-28-30-32-34-36-38-40-41-42-43-44-45-46-47-49-51-53-55-57-59-61-63-65-67-69-71-73-75-77-79-81-88(93)99-86(85-98-90(89(94)95)96-83-82-91(3,4)5)84-97-87(92)80-78-76-74-72-70-68-66-64-62-60-58-56-54-52-50-48-39-37-35-33-31-29-27-25-23-21-19-17-15-13-11-9-7-2/h8,10,14,16,19-22,25-28,31-34,38,40,42-43,45-46,49,51,55,57,86,90H,6-7,9,11-13,15,17-18,23-24,29-30,35-37,39,41,44,47-48,50,52-54,56,58-85H2,1-5H3/p+1/b10-8-,16-14-,21-19-,22-20-,27-25-,28-26-,33-31-,34-32-,40-38-,43-42-,46-45-,51-49-,57-55-. The molecule has 0 bridgehead atoms. The lowest BCUT2D eigenvalue weighted by Gasteiger charge is -2.25. The quantitative estimate of drug-likeness (QED) is 0.0211. The molecule has 0 fully saturated rings. The van der Waals surface area contributed by atoms with Crippen LogP contribution >= 0.6 is 0 Å². The average molecular weight is 1380 g/mol. The Balaban J connectivity index is 4.09. The largest absolute Gasteiger partial charge is 0.477 e. The zero-order chi connectivity index (χ0) is 71.8. The second kappa shape index (κ2) is 78.6. The van der Waals surface area contributed by atoms with Gasteiger partial charge in [0, 0.05) is 12.8 Å². The molecule has 0 amide bonds. The number of ether oxygens (including phenoxy) is 4. The topological polar surface area (TPSA) is 108 Å². The number of carboxylic acids is 1. The molecule has 0 spiro atoms. The fourth-order valence-electron chi connectivity index (χ4n) is 11.1. The van der Waals surface area contributed by atoms with Crippen molar-refractivity contribution in [3.05, 3.63) is 158 Å². The lowest BCUT2D eigenvalue weighted by molar-refractivity contribution is -0.870. The summed E-state index contributed by atoms with van der Waals surface area (Å²) < 4.78 is 23.0. The van der Waals surface area contributed by atoms with Crippen molar-refractivity contribution in [3.8, 4) is 0 Å². The van der Waals surface area contributed by atoms with Crippen LogP contribution < -0.4 is 0 Å². The Morgan fingerprint density at radius 2 is 0.576 bits per heavy atom. The van der Waals surface area contributed by atoms with Gasteiger partial charge in [0.2, 0.25) is 0 Å². The van der Waals surface area contributed by atoms with Gasteiger partial charge in [0.15, 0.2) is 6.10 Å². The van der Waals surface area contributed by atoms with Crippen molar-refractivity contribution in [2.24, 2.45) is 0 Å². The van der Waals surface area contributed by atoms with Crippen molar-refractivity contribution in [3.63, 3.8) is 0 Å². The molecule has 0 aromatic heterocycles. The van der Waals surface area contributed by atoms with Gasteiger partial charge in [0.05, 0.1) is 34.4 Å². The van der Waals surface area contributed by atoms with Gasteiger partial charge in [0.1, 0.15) is 13.2 Å². The molecule has 0 aromatic rings. The Kier molecular flexibility index (Phi) is 74.6. The maximum atomic E-state index is 13.0. The summed E-state index contributed by atoms with van der Waals surface area (Å²) in [5.74, 6) is -2.01. The van der Waals surface area contributed by atoms with E-state index in [-0.39, 0.29) is 32.2 Å². The number of unbranched alkanes of at least 4 members (excludes halogenated alkanes) is 33. The average Bonchev–Trinajstić information content (AvgIpc) is 2.62. The number of carbonyl (C=O) groups is 3. The van der Waals surface area contributed by atoms with E-state index in [9.17, 15) is 19.5 Å². The SMILES string of the molecule is CC/C=C\C/C=C\C/C=C\C/C=C\C/C=C\C/C=C\C/C=C\C/C=C\C/C=C\C/C=C\CCCCCCCCCCCCC(=O)OC(COC(=O)CCCCCCCCCCCCCCCCCCCC/C=C\C/C=C\C/C=C\CCCCCCC)COC(OCC[N+](C)(C)C)C(=O)O. The highest BCUT2D eigenvalue weighted by molar-refractivity contribution is 5.71. The summed E-state index contributed by atoms with van der Waals surface area (Å²) in [4.78, 5) is 37.8. The number of carbonyl (C=O) groups excluding carboxylic acids is 2. The molecular formula is C90H152NO8+. The third kappa shape index (κ3) is 80.1. The molecule has 0 radical (unpaired) electrons. The molecule has 0 aliphatic heterocycles. The van der Waals surface area contributed by atoms with Gasteiger partial charge in [-0.25, -0.2) is 4.79 Å². The molecule has 0 saturated carbocycles. The highest BCUT2D eigenvalue weighted by Crippen LogP contribution is 2.18. The second-order valence-corrected chi connectivity index (χ2v) is 28.0. The summed E-state index contributed by atoms with van der Waals surface area (Å²) in [7, 11) is 5.98. The summed E-state index contributed by atoms with van der Waals surface area (Å²) in [5.41, 5.74) is 0. The first-order chi connectivity index (χ1) is 48.6. The van der Waals surface area contributed by atoms with Gasteiger partial charge in [-0.1, -0.05) is 352 Å². The molecule has 0 aliphatic carbocycles. The van der Waals surface area contributed by atoms with Gasteiger partial charge in [-0.2, -0.15) is 0 Å². The van der Waals surface area contributed by atoms with Crippen LogP contribution in [0.25, 0.3) is 0 Å². The second-order valence-electron chi connectivity index (χ2n) is 28.0. The van der Waals surface area contributed by atoms with Crippen LogP contribution in [0.1, 0.15) is 335 Å². The summed E-state index contributed by atoms with van der Waals surface area (Å²) in [5, 5.41) is 9.78. The molecular weight excluding hydrogens is 1220 g/mol. The third-order valence-electron chi connectivity index (χ3n) is 17.3. The summed E-state index contributed by atoms with van der Waals surface area (Å²) >= 11 is 0. The summed E-state index contributed by atoms with van der Waals surface area (Å²) in [6, 6.07) is 0. The monoisotopic (exact) mass is 1380 g/mol. The van der Waals surface area contributed by atoms with Gasteiger partial charge in [0.25, 0.3) is 6.29 Å². The van der Waals surface area contributed by atoms with E-state index < -0.39 is 24.3 Å². The zero-order valence-corrected chi connectivity index (χ0v) is 64.6. The van der Waals surface area contributed by atoms with Gasteiger partial charge >= 0.3 is 17.9 Å². The van der Waals surface area contributed by atoms with E-state index in [1.807, 2.05) is 21.1 Å². The van der Waals surface area contributed by atoms with Crippen LogP contribution in [0, 0.1) is 0 Å². The van der Waals surface area contributed by atoms with Crippen molar-refractivity contribution in [2.45, 2.75) is 347 Å². The number of allylic oxidation sites excluding steroid dienone is 26. The van der Waals surface area contributed by atoms with E-state index in [2.05, 4.69) is 172 Å². The van der Waals surface area contributed by atoms with Crippen LogP contribution in [0.5, 0.6) is 0 Å². The Morgan fingerprint density at radius 1 is 0.313 bits per heavy atom. The smallest absolute Gasteiger partial charge is 0.361 e. The molecule has 9 nitrogen and oxygen atoms in total. The van der Waals surface area contributed by atoms with Crippen molar-refractivity contribution in [1.29, 1.82) is 0 Å². The minimum atomic E-state index is -1.52. The predicted molar refractivity (Wildman–Crippen MR) is 428 cm³/mol. The van der Waals surface area contributed by atoms with Gasteiger partial charge in [-0.05, 0) is 128 Å². The van der Waals surface area contributed by atoms with E-state index >= 15 is 0 Å². The maximum Gasteiger partial charge on any atom is 0.361 e. The maximum absolute atomic E-state index is 13.0. The van der Waals surface area contributed by atoms with Crippen molar-refractivity contribution in [1.82, 2.24) is 0 Å². The molecule has 564 valence electrons. The molecule has 99 heavy (non-hydrogen) atoms. The number of quaternary nitrogens is 1. The van der Waals surface area contributed by atoms with Crippen molar-refractivity contribution >= 4 is 17.9 Å². The van der Waals surface area contributed by atoms with Crippen molar-refractivity contribution in [2.75, 3.05) is 47.5 Å². The lowest BCUT2D eigenvalue weighted by Crippen LogP contribution is -2.40. The lowest BCUT2D eigenvalue weighted by atomic mass is 10.0. The van der Waals surface area contributed by atoms with Gasteiger partial charge in [-0.15, -0.1) is 0 Å². The molecule has 0 saturated heterocycles. The van der Waals surface area contributed by atoms with Crippen LogP contribution in [0.2, 0.25) is 0 Å². The zero-order valence-electron chi connectivity index (χ0n) is 64.6. The molecule has 0 aliphatic rings. The molecule has 9 heteroatoms. The van der Waals surface area contributed by atoms with Gasteiger partial charge in [-0.3, -0.25) is 9.59 Å². The minimum absolute atomic E-state index is 0.181. The Hall–Kier alpha value is -5.09. The van der Waals surface area contributed by atoms with E-state index in [0.717, 1.165) is 122 Å². The number of rotatable bonds is 74. The number of nitrogens with zero attached hydrogens (tertiary/aromatic N) is 1. The summed E-state index contributed by atoms with van der Waals surface area (Å²) in [6.45, 7) is 4.76. The fraction of sp³-hybridized carbons (Fsp3) is 0.678. The van der Waals surface area contributed by atoms with E-state index in [1.165, 1.54) is 180 Å². The molecule has 0 rings (SSSR count). The summed E-state index contributed by atoms with van der Waals surface area (Å²) in [6.07, 6.45) is 114. The van der Waals surface area contributed by atoms with Crippen LogP contribution in [0.15, 0.2) is 158 Å². The highest BCUT2D eigenvalue weighted by atomic mass is 16.7. The number of carboxylic acid groups (broad SMARTS) is 1. The molecule has 2 unspecified atom stereocenters. The van der Waals surface area contributed by atoms with Crippen LogP contribution in [0.4, 0.5) is 0 Å². The minimum Gasteiger partial charge on any atom is -0.477 e. The fourth-order valence-corrected chi connectivity index (χ4v) is 11.1. The number of esters is 2. The number of aliphatic carboxylic acids is 1. The van der Waals surface area contributed by atoms with Crippen LogP contribution in [-0.4, -0.2) is 87.4 Å². The normalized spacial score (nSPS) is 13.5. The Bertz CT molecular complexity index is 2200. The van der Waals surface area contributed by atoms with Crippen molar-refractivity contribution < 1.29 is 42.9 Å². The Labute approximate surface area is 610 Å². The number of likely N-dealkylation sites (N-methyl/N-ethyl adjacent to an activating group) is 1. The van der Waals surface area contributed by atoms with E-state index in [4.69, 9.17) is 18.9 Å². The van der Waals surface area contributed by atoms with E-state index in [1.54, 1.807) is 0 Å². The molecule has 0 aromatic carbocycles. The highest BCUT2D eigenvalue weighted by Gasteiger charge is 2.25. The molecule has 0 heterocycles. The Morgan fingerprint density at radius 3 is 0.859 bits per heavy atom. The molecule has 1 N–H and O–H groups in total. The third-order valence-corrected chi connectivity index (χ3v) is 17.3. The number of hydrogen-bond donors (Lipinski definition) is 1. The first-order valence-corrected chi connectivity index (χ1v) is 40.6.